The van der Waals surface area contributed by atoms with Crippen molar-refractivity contribution in [3.8, 4) is 0 Å². The molecule has 0 saturated heterocycles. The molecule has 1 aromatic heterocycles. The highest BCUT2D eigenvalue weighted by Crippen LogP contribution is 2.33. The lowest BCUT2D eigenvalue weighted by atomic mass is 10.3. The van der Waals surface area contributed by atoms with Gasteiger partial charge < -0.3 is 11.5 Å². The number of nitrogens with two attached hydrogens (primary N) is 2. The molecule has 2 rings (SSSR count). The van der Waals surface area contributed by atoms with E-state index in [2.05, 4.69) is 4.98 Å². The molecule has 0 aliphatic rings. The topological polar surface area (TPSA) is 82.0 Å². The van der Waals surface area contributed by atoms with Gasteiger partial charge in [0.25, 0.3) is 0 Å². The van der Waals surface area contributed by atoms with E-state index in [1.54, 1.807) is 23.1 Å². The molecule has 0 aliphatic carbocycles. The Kier molecular flexibility index (Phi) is 3.54. The fourth-order valence-electron chi connectivity index (χ4n) is 1.47. The average molecular weight is 267 g/mol. The smallest absolute Gasteiger partial charge is 0.218 e. The third kappa shape index (κ3) is 3.10. The zero-order valence-electron chi connectivity index (χ0n) is 9.34. The lowest BCUT2D eigenvalue weighted by molar-refractivity contribution is -0.117. The number of hydrogen-bond acceptors (Lipinski definition) is 5. The zero-order chi connectivity index (χ0) is 12.4. The summed E-state index contributed by atoms with van der Waals surface area (Å²) in [6, 6.07) is 5.66. The fourth-order valence-corrected chi connectivity index (χ4v) is 3.91. The predicted octanol–water partition coefficient (Wildman–Crippen LogP) is 2.23. The summed E-state index contributed by atoms with van der Waals surface area (Å²) < 4.78 is 2.01. The quantitative estimate of drug-likeness (QED) is 0.657. The number of benzene rings is 1. The number of thioether (sulfide) groups is 1. The lowest BCUT2D eigenvalue weighted by Gasteiger charge is -2.04. The van der Waals surface area contributed by atoms with Crippen LogP contribution in [0.5, 0.6) is 0 Å². The van der Waals surface area contributed by atoms with E-state index in [-0.39, 0.29) is 11.2 Å². The van der Waals surface area contributed by atoms with E-state index in [1.807, 2.05) is 25.1 Å². The van der Waals surface area contributed by atoms with Crippen molar-refractivity contribution in [1.29, 1.82) is 0 Å². The molecule has 0 radical (unpaired) electrons. The Balaban J connectivity index is 2.16. The Labute approximate surface area is 107 Å². The van der Waals surface area contributed by atoms with Crippen molar-refractivity contribution in [3.05, 3.63) is 18.2 Å². The van der Waals surface area contributed by atoms with Crippen molar-refractivity contribution in [1.82, 2.24) is 4.98 Å². The van der Waals surface area contributed by atoms with Gasteiger partial charge in [-0.1, -0.05) is 18.7 Å². The summed E-state index contributed by atoms with van der Waals surface area (Å²) in [5, 5.41) is 0.144. The Morgan fingerprint density at radius 2 is 2.35 bits per heavy atom. The molecule has 1 atom stereocenters. The van der Waals surface area contributed by atoms with Gasteiger partial charge in [0, 0.05) is 17.4 Å². The highest BCUT2D eigenvalue weighted by molar-refractivity contribution is 8.01. The molecule has 1 unspecified atom stereocenters. The normalized spacial score (nSPS) is 12.8. The maximum absolute atomic E-state index is 10.8. The largest absolute Gasteiger partial charge is 0.399 e. The number of nitrogens with zero attached hydrogens (tertiary/aromatic N) is 1. The monoisotopic (exact) mass is 267 g/mol. The summed E-state index contributed by atoms with van der Waals surface area (Å²) in [6.45, 7) is 1.97. The van der Waals surface area contributed by atoms with Gasteiger partial charge in [-0.25, -0.2) is 4.98 Å². The highest BCUT2D eigenvalue weighted by atomic mass is 32.2. The van der Waals surface area contributed by atoms with Crippen LogP contribution >= 0.6 is 23.1 Å². The van der Waals surface area contributed by atoms with Gasteiger partial charge in [-0.2, -0.15) is 0 Å². The first-order valence-electron chi connectivity index (χ1n) is 5.15. The van der Waals surface area contributed by atoms with Crippen LogP contribution in [-0.4, -0.2) is 16.1 Å². The summed E-state index contributed by atoms with van der Waals surface area (Å²) in [6.07, 6.45) is 0.364. The Bertz CT molecular complexity index is 553. The van der Waals surface area contributed by atoms with Crippen LogP contribution in [0.15, 0.2) is 22.5 Å². The maximum atomic E-state index is 10.8. The van der Waals surface area contributed by atoms with Crippen molar-refractivity contribution < 1.29 is 4.79 Å². The van der Waals surface area contributed by atoms with E-state index in [1.165, 1.54) is 0 Å². The van der Waals surface area contributed by atoms with Gasteiger partial charge in [0.1, 0.15) is 0 Å². The Hall–Kier alpha value is -1.27. The number of amides is 1. The number of nitrogen functional groups attached to an aromatic ring is 1. The molecule has 4 nitrogen and oxygen atoms in total. The molecule has 4 N–H and O–H groups in total. The first kappa shape index (κ1) is 12.2. The zero-order valence-corrected chi connectivity index (χ0v) is 11.0. The van der Waals surface area contributed by atoms with Crippen LogP contribution in [0.25, 0.3) is 10.2 Å². The number of rotatable bonds is 4. The number of hydrogen-bond donors (Lipinski definition) is 2. The molecule has 1 aromatic carbocycles. The maximum Gasteiger partial charge on any atom is 0.218 e. The number of anilines is 1. The number of carbonyl (C=O) groups excluding carboxylic acids is 1. The van der Waals surface area contributed by atoms with Crippen LogP contribution < -0.4 is 11.5 Å². The van der Waals surface area contributed by atoms with Crippen LogP contribution in [0, 0.1) is 0 Å². The molecule has 17 heavy (non-hydrogen) atoms. The van der Waals surface area contributed by atoms with Gasteiger partial charge in [0.15, 0.2) is 4.34 Å². The summed E-state index contributed by atoms with van der Waals surface area (Å²) >= 11 is 3.16. The predicted molar refractivity (Wildman–Crippen MR) is 73.2 cm³/mol. The molecule has 6 heteroatoms. The standard InChI is InChI=1S/C11H13N3OS2/c1-6(4-10(13)15)16-11-14-8-3-2-7(12)5-9(8)17-11/h2-3,5-6H,4,12H2,1H3,(H2,13,15). The number of aromatic nitrogens is 1. The van der Waals surface area contributed by atoms with Crippen molar-refractivity contribution in [2.45, 2.75) is 22.9 Å². The first-order valence-corrected chi connectivity index (χ1v) is 6.85. The van der Waals surface area contributed by atoms with Gasteiger partial charge in [-0.05, 0) is 18.2 Å². The second-order valence-corrected chi connectivity index (χ2v) is 6.52. The van der Waals surface area contributed by atoms with Gasteiger partial charge in [0.05, 0.1) is 10.2 Å². The minimum absolute atomic E-state index is 0.144. The molecule has 0 spiro atoms. The van der Waals surface area contributed by atoms with Crippen LogP contribution in [0.3, 0.4) is 0 Å². The SMILES string of the molecule is CC(CC(N)=O)Sc1nc2ccc(N)cc2s1. The van der Waals surface area contributed by atoms with Gasteiger partial charge in [-0.3, -0.25) is 4.79 Å². The van der Waals surface area contributed by atoms with E-state index in [4.69, 9.17) is 11.5 Å². The molecule has 0 fully saturated rings. The van der Waals surface area contributed by atoms with Crippen molar-refractivity contribution in [2.75, 3.05) is 5.73 Å². The number of primary amides is 1. The molecule has 90 valence electrons. The molecule has 2 aromatic rings. The molecular formula is C11H13N3OS2. The van der Waals surface area contributed by atoms with E-state index < -0.39 is 0 Å². The van der Waals surface area contributed by atoms with Crippen LogP contribution in [0.2, 0.25) is 0 Å². The molecular weight excluding hydrogens is 254 g/mol. The van der Waals surface area contributed by atoms with Crippen molar-refractivity contribution >= 4 is 44.9 Å². The summed E-state index contributed by atoms with van der Waals surface area (Å²) in [7, 11) is 0. The Morgan fingerprint density at radius 3 is 3.06 bits per heavy atom. The second-order valence-electron chi connectivity index (χ2n) is 3.81. The van der Waals surface area contributed by atoms with Gasteiger partial charge in [-0.15, -0.1) is 11.3 Å². The van der Waals surface area contributed by atoms with E-state index >= 15 is 0 Å². The number of fused-ring (bicyclic) bond motifs is 1. The lowest BCUT2D eigenvalue weighted by Crippen LogP contribution is -2.15. The summed E-state index contributed by atoms with van der Waals surface area (Å²) in [5.41, 5.74) is 12.5. The van der Waals surface area contributed by atoms with E-state index in [0.29, 0.717) is 6.42 Å². The van der Waals surface area contributed by atoms with Crippen molar-refractivity contribution in [2.24, 2.45) is 5.73 Å². The highest BCUT2D eigenvalue weighted by Gasteiger charge is 2.11. The molecule has 1 amide bonds. The molecule has 1 heterocycles. The van der Waals surface area contributed by atoms with Crippen molar-refractivity contribution in [3.63, 3.8) is 0 Å². The number of carbonyl (C=O) groups is 1. The third-order valence-electron chi connectivity index (χ3n) is 2.18. The minimum Gasteiger partial charge on any atom is -0.399 e. The fraction of sp³-hybridized carbons (Fsp3) is 0.273. The third-order valence-corrected chi connectivity index (χ3v) is 4.40. The first-order chi connectivity index (χ1) is 8.04. The second kappa shape index (κ2) is 4.93. The molecule has 0 bridgehead atoms. The van der Waals surface area contributed by atoms with E-state index in [0.717, 1.165) is 20.2 Å². The van der Waals surface area contributed by atoms with Gasteiger partial charge >= 0.3 is 0 Å². The average Bonchev–Trinajstić information content (AvgIpc) is 2.57. The van der Waals surface area contributed by atoms with E-state index in [9.17, 15) is 4.79 Å². The minimum atomic E-state index is -0.282. The summed E-state index contributed by atoms with van der Waals surface area (Å²) in [5.74, 6) is -0.282. The van der Waals surface area contributed by atoms with Crippen LogP contribution in [0.1, 0.15) is 13.3 Å². The molecule has 0 saturated carbocycles. The van der Waals surface area contributed by atoms with Crippen LogP contribution in [-0.2, 0) is 4.79 Å². The summed E-state index contributed by atoms with van der Waals surface area (Å²) in [4.78, 5) is 15.3. The molecule has 0 aliphatic heterocycles. The number of thiazole rings is 1. The Morgan fingerprint density at radius 1 is 1.59 bits per heavy atom. The van der Waals surface area contributed by atoms with Gasteiger partial charge in [0.2, 0.25) is 5.91 Å². The van der Waals surface area contributed by atoms with Crippen LogP contribution in [0.4, 0.5) is 5.69 Å².